The number of hydrogen-bond acceptors (Lipinski definition) is 1. The van der Waals surface area contributed by atoms with Crippen LogP contribution < -0.4 is 0 Å². The molecule has 0 fully saturated rings. The summed E-state index contributed by atoms with van der Waals surface area (Å²) in [6.07, 6.45) is 3.70. The minimum Gasteiger partial charge on any atom is -0.393 e. The summed E-state index contributed by atoms with van der Waals surface area (Å²) >= 11 is 0. The van der Waals surface area contributed by atoms with Crippen LogP contribution in [0, 0.1) is 0 Å². The Hall–Kier alpha value is -0.300. The van der Waals surface area contributed by atoms with Crippen LogP contribution in [0.3, 0.4) is 0 Å². The van der Waals surface area contributed by atoms with Crippen LogP contribution >= 0.6 is 0 Å². The van der Waals surface area contributed by atoms with Crippen LogP contribution in [-0.2, 0) is 0 Å². The molecule has 0 saturated carbocycles. The molecule has 1 N–H and O–H groups in total. The van der Waals surface area contributed by atoms with Gasteiger partial charge in [-0.15, -0.1) is 6.58 Å². The monoisotopic (exact) mass is 160 g/mol. The summed E-state index contributed by atoms with van der Waals surface area (Å²) in [5.74, 6) is 0. The van der Waals surface area contributed by atoms with E-state index in [9.17, 15) is 0 Å². The molecule has 0 radical (unpaired) electrons. The quantitative estimate of drug-likeness (QED) is 0.614. The molecule has 0 aromatic rings. The molecule has 0 spiro atoms. The summed E-state index contributed by atoms with van der Waals surface area (Å²) in [5, 5.41) is 8.36. The second-order valence-corrected chi connectivity index (χ2v) is 1.95. The van der Waals surface area contributed by atoms with Crippen LogP contribution in [0.15, 0.2) is 12.7 Å². The van der Waals surface area contributed by atoms with Crippen molar-refractivity contribution < 1.29 is 5.11 Å². The third-order valence-corrected chi connectivity index (χ3v) is 0.879. The van der Waals surface area contributed by atoms with Gasteiger partial charge in [0.25, 0.3) is 0 Å². The molecular formula is C10H24O. The molecule has 0 heterocycles. The van der Waals surface area contributed by atoms with Crippen LogP contribution in [-0.4, -0.2) is 11.2 Å². The lowest BCUT2D eigenvalue weighted by molar-refractivity contribution is 0.191. The molecule has 1 nitrogen and oxygen atoms in total. The largest absolute Gasteiger partial charge is 0.393 e. The van der Waals surface area contributed by atoms with Gasteiger partial charge in [-0.25, -0.2) is 0 Å². The maximum atomic E-state index is 8.36. The number of aliphatic hydroxyl groups excluding tert-OH is 1. The molecule has 0 bridgehead atoms. The van der Waals surface area contributed by atoms with E-state index in [0.29, 0.717) is 0 Å². The van der Waals surface area contributed by atoms with Crippen LogP contribution in [0.5, 0.6) is 0 Å². The summed E-state index contributed by atoms with van der Waals surface area (Å²) in [6.45, 7) is 13.3. The fraction of sp³-hybridized carbons (Fsp3) is 0.800. The molecule has 1 atom stereocenters. The Labute approximate surface area is 72.1 Å². The predicted octanol–water partition coefficient (Wildman–Crippen LogP) is 3.39. The zero-order chi connectivity index (χ0) is 9.70. The Morgan fingerprint density at radius 1 is 1.36 bits per heavy atom. The maximum absolute atomic E-state index is 8.36. The highest BCUT2D eigenvalue weighted by Crippen LogP contribution is 1.81. The summed E-state index contributed by atoms with van der Waals surface area (Å²) in [4.78, 5) is 0. The van der Waals surface area contributed by atoms with E-state index in [0.717, 1.165) is 12.8 Å². The summed E-state index contributed by atoms with van der Waals surface area (Å²) in [6, 6.07) is 0. The van der Waals surface area contributed by atoms with Crippen molar-refractivity contribution in [3.63, 3.8) is 0 Å². The van der Waals surface area contributed by atoms with Crippen molar-refractivity contribution in [1.82, 2.24) is 0 Å². The van der Waals surface area contributed by atoms with Crippen LogP contribution in [0.4, 0.5) is 0 Å². The average molecular weight is 160 g/mol. The van der Waals surface area contributed by atoms with Gasteiger partial charge < -0.3 is 5.11 Å². The first-order chi connectivity index (χ1) is 5.18. The molecule has 0 aromatic carbocycles. The molecule has 11 heavy (non-hydrogen) atoms. The molecule has 0 aliphatic heterocycles. The third kappa shape index (κ3) is 78.9. The Morgan fingerprint density at radius 3 is 1.55 bits per heavy atom. The standard InChI is InChI=1S/C4H10O.C4H8.C2H6/c1-3-4(2)5;1-3-4-2;1-2/h4-5H,3H2,1-2H3;3H,1,4H2,2H3;1-2H3. The molecule has 1 heteroatoms. The zero-order valence-electron chi connectivity index (χ0n) is 8.72. The highest BCUT2D eigenvalue weighted by Gasteiger charge is 1.81. The molecule has 0 aliphatic carbocycles. The normalized spacial score (nSPS) is 9.64. The second-order valence-electron chi connectivity index (χ2n) is 1.95. The molecular weight excluding hydrogens is 136 g/mol. The molecule has 0 saturated heterocycles. The topological polar surface area (TPSA) is 20.2 Å². The lowest BCUT2D eigenvalue weighted by atomic mass is 10.3. The van der Waals surface area contributed by atoms with E-state index in [1.807, 2.05) is 26.8 Å². The highest BCUT2D eigenvalue weighted by molar-refractivity contribution is 4.60. The van der Waals surface area contributed by atoms with Gasteiger partial charge in [0, 0.05) is 0 Å². The fourth-order valence-corrected chi connectivity index (χ4v) is 0. The third-order valence-electron chi connectivity index (χ3n) is 0.879. The zero-order valence-corrected chi connectivity index (χ0v) is 8.72. The number of aliphatic hydroxyl groups is 1. The van der Waals surface area contributed by atoms with Gasteiger partial charge in [0.15, 0.2) is 0 Å². The van der Waals surface area contributed by atoms with E-state index in [-0.39, 0.29) is 6.10 Å². The average Bonchev–Trinajstić information content (AvgIpc) is 2.08. The minimum atomic E-state index is -0.116. The van der Waals surface area contributed by atoms with E-state index in [4.69, 9.17) is 5.11 Å². The van der Waals surface area contributed by atoms with Gasteiger partial charge in [-0.05, 0) is 19.8 Å². The van der Waals surface area contributed by atoms with Crippen molar-refractivity contribution in [1.29, 1.82) is 0 Å². The minimum absolute atomic E-state index is 0.116. The van der Waals surface area contributed by atoms with Crippen LogP contribution in [0.1, 0.15) is 47.5 Å². The molecule has 0 aliphatic rings. The summed E-state index contributed by atoms with van der Waals surface area (Å²) in [5.41, 5.74) is 0. The van der Waals surface area contributed by atoms with Gasteiger partial charge in [0.2, 0.25) is 0 Å². The van der Waals surface area contributed by atoms with Crippen molar-refractivity contribution in [2.75, 3.05) is 0 Å². The SMILES string of the molecule is C=CCC.CC.CCC(C)O. The lowest BCUT2D eigenvalue weighted by Gasteiger charge is -1.90. The first-order valence-electron chi connectivity index (χ1n) is 4.47. The van der Waals surface area contributed by atoms with E-state index in [1.54, 1.807) is 6.92 Å². The molecule has 0 rings (SSSR count). The number of rotatable bonds is 2. The van der Waals surface area contributed by atoms with E-state index in [1.165, 1.54) is 0 Å². The first kappa shape index (κ1) is 17.0. The first-order valence-corrected chi connectivity index (χ1v) is 4.47. The molecule has 0 aromatic heterocycles. The van der Waals surface area contributed by atoms with Crippen LogP contribution in [0.2, 0.25) is 0 Å². The smallest absolute Gasteiger partial charge is 0.0509 e. The van der Waals surface area contributed by atoms with Gasteiger partial charge in [0.05, 0.1) is 6.10 Å². The Kier molecular flexibility index (Phi) is 34.9. The van der Waals surface area contributed by atoms with Crippen LogP contribution in [0.25, 0.3) is 0 Å². The highest BCUT2D eigenvalue weighted by atomic mass is 16.3. The molecule has 70 valence electrons. The van der Waals surface area contributed by atoms with E-state index >= 15 is 0 Å². The van der Waals surface area contributed by atoms with Gasteiger partial charge in [0.1, 0.15) is 0 Å². The van der Waals surface area contributed by atoms with Crippen molar-refractivity contribution >= 4 is 0 Å². The fourth-order valence-electron chi connectivity index (χ4n) is 0. The Balaban J connectivity index is -0.0000000965. The predicted molar refractivity (Wildman–Crippen MR) is 53.8 cm³/mol. The summed E-state index contributed by atoms with van der Waals surface area (Å²) < 4.78 is 0. The number of allylic oxidation sites excluding steroid dienone is 1. The van der Waals surface area contributed by atoms with Crippen molar-refractivity contribution in [2.45, 2.75) is 53.6 Å². The lowest BCUT2D eigenvalue weighted by Crippen LogP contribution is -1.93. The van der Waals surface area contributed by atoms with Gasteiger partial charge in [-0.1, -0.05) is 33.8 Å². The van der Waals surface area contributed by atoms with Crippen molar-refractivity contribution in [2.24, 2.45) is 0 Å². The summed E-state index contributed by atoms with van der Waals surface area (Å²) in [7, 11) is 0. The second kappa shape index (κ2) is 22.6. The molecule has 1 unspecified atom stereocenters. The Morgan fingerprint density at radius 2 is 1.55 bits per heavy atom. The van der Waals surface area contributed by atoms with Crippen molar-refractivity contribution in [3.8, 4) is 0 Å². The van der Waals surface area contributed by atoms with E-state index in [2.05, 4.69) is 13.5 Å². The van der Waals surface area contributed by atoms with Gasteiger partial charge in [-0.2, -0.15) is 0 Å². The maximum Gasteiger partial charge on any atom is 0.0509 e. The van der Waals surface area contributed by atoms with Gasteiger partial charge >= 0.3 is 0 Å². The molecule has 0 amide bonds. The Bertz CT molecular complexity index is 48.8. The van der Waals surface area contributed by atoms with Gasteiger partial charge in [-0.3, -0.25) is 0 Å². The van der Waals surface area contributed by atoms with E-state index < -0.39 is 0 Å². The van der Waals surface area contributed by atoms with Crippen molar-refractivity contribution in [3.05, 3.63) is 12.7 Å². The number of hydrogen-bond donors (Lipinski definition) is 1.